The van der Waals surface area contributed by atoms with Gasteiger partial charge in [-0.1, -0.05) is 97.9 Å². The molecule has 0 aliphatic carbocycles. The van der Waals surface area contributed by atoms with Crippen LogP contribution in [-0.2, 0) is 12.6 Å². The molecule has 1 heteroatoms. The molecule has 0 fully saturated rings. The lowest BCUT2D eigenvalue weighted by molar-refractivity contribution is 0.866. The van der Waals surface area contributed by atoms with Crippen molar-refractivity contribution in [1.82, 2.24) is 0 Å². The third kappa shape index (κ3) is 4.94. The van der Waals surface area contributed by atoms with E-state index in [4.69, 9.17) is 0 Å². The van der Waals surface area contributed by atoms with E-state index in [0.29, 0.717) is 0 Å². The van der Waals surface area contributed by atoms with Crippen molar-refractivity contribution in [2.45, 2.75) is 38.7 Å². The van der Waals surface area contributed by atoms with Crippen LogP contribution in [0, 0.1) is 0 Å². The minimum absolute atomic E-state index is 0.768. The fourth-order valence-corrected chi connectivity index (χ4v) is 2.66. The Morgan fingerprint density at radius 2 is 1.21 bits per heavy atom. The Morgan fingerprint density at radius 1 is 0.737 bits per heavy atom. The van der Waals surface area contributed by atoms with E-state index in [9.17, 15) is 0 Å². The first-order chi connectivity index (χ1) is 9.38. The van der Waals surface area contributed by atoms with Crippen molar-refractivity contribution in [3.8, 4) is 0 Å². The monoisotopic (exact) mass is 250 g/mol. The van der Waals surface area contributed by atoms with Crippen molar-refractivity contribution in [3.05, 3.63) is 71.8 Å². The standard InChI is InChI=1S/C18H23B/c1-2-3-14-19(15-17-10-6-4-7-11-17)16-18-12-8-5-9-13-18/h4-13H,2-3,14-16H2,1H3. The highest BCUT2D eigenvalue weighted by Crippen LogP contribution is 2.13. The predicted octanol–water partition coefficient (Wildman–Crippen LogP) is 4.85. The molecular weight excluding hydrogens is 227 g/mol. The van der Waals surface area contributed by atoms with Gasteiger partial charge in [0.15, 0.2) is 0 Å². The van der Waals surface area contributed by atoms with Crippen LogP contribution >= 0.6 is 0 Å². The summed E-state index contributed by atoms with van der Waals surface area (Å²) >= 11 is 0. The third-order valence-electron chi connectivity index (χ3n) is 3.70. The van der Waals surface area contributed by atoms with E-state index in [1.807, 2.05) is 0 Å². The second-order valence-electron chi connectivity index (χ2n) is 5.39. The second-order valence-corrected chi connectivity index (χ2v) is 5.39. The van der Waals surface area contributed by atoms with Gasteiger partial charge < -0.3 is 0 Å². The van der Waals surface area contributed by atoms with E-state index in [-0.39, 0.29) is 0 Å². The quantitative estimate of drug-likeness (QED) is 0.616. The van der Waals surface area contributed by atoms with Gasteiger partial charge in [0.25, 0.3) is 0 Å². The highest BCUT2D eigenvalue weighted by atomic mass is 14.0. The van der Waals surface area contributed by atoms with Gasteiger partial charge in [0.05, 0.1) is 0 Å². The first-order valence-corrected chi connectivity index (χ1v) is 7.46. The Labute approximate surface area is 118 Å². The minimum atomic E-state index is 0.768. The molecule has 2 aromatic carbocycles. The summed E-state index contributed by atoms with van der Waals surface area (Å²) in [4.78, 5) is 0. The molecule has 0 bridgehead atoms. The number of rotatable bonds is 7. The van der Waals surface area contributed by atoms with Crippen LogP contribution in [0.4, 0.5) is 0 Å². The van der Waals surface area contributed by atoms with Gasteiger partial charge in [-0.15, -0.1) is 0 Å². The van der Waals surface area contributed by atoms with Gasteiger partial charge in [-0.25, -0.2) is 0 Å². The zero-order chi connectivity index (χ0) is 13.3. The van der Waals surface area contributed by atoms with Crippen LogP contribution in [0.5, 0.6) is 0 Å². The molecule has 0 aliphatic heterocycles. The summed E-state index contributed by atoms with van der Waals surface area (Å²) < 4.78 is 0. The van der Waals surface area contributed by atoms with Crippen molar-refractivity contribution in [3.63, 3.8) is 0 Å². The molecule has 0 saturated heterocycles. The number of unbranched alkanes of at least 4 members (excludes halogenated alkanes) is 1. The van der Waals surface area contributed by atoms with Crippen LogP contribution in [0.1, 0.15) is 30.9 Å². The number of hydrogen-bond donors (Lipinski definition) is 0. The molecule has 19 heavy (non-hydrogen) atoms. The summed E-state index contributed by atoms with van der Waals surface area (Å²) in [6.07, 6.45) is 6.37. The normalized spacial score (nSPS) is 10.4. The first kappa shape index (κ1) is 13.9. The summed E-state index contributed by atoms with van der Waals surface area (Å²) in [5.74, 6) is 0. The molecule has 2 rings (SSSR count). The molecule has 0 atom stereocenters. The maximum Gasteiger partial charge on any atom is 0.149 e. The highest BCUT2D eigenvalue weighted by Gasteiger charge is 2.14. The van der Waals surface area contributed by atoms with Crippen LogP contribution < -0.4 is 0 Å². The van der Waals surface area contributed by atoms with Crippen LogP contribution in [0.15, 0.2) is 60.7 Å². The Kier molecular flexibility index (Phi) is 5.74. The molecular formula is C18H23B. The van der Waals surface area contributed by atoms with Crippen molar-refractivity contribution < 1.29 is 0 Å². The SMILES string of the molecule is CCCCB(Cc1ccccc1)Cc1ccccc1. The smallest absolute Gasteiger partial charge is 0.0736 e. The van der Waals surface area contributed by atoms with Gasteiger partial charge in [-0.3, -0.25) is 0 Å². The fraction of sp³-hybridized carbons (Fsp3) is 0.333. The molecule has 0 aromatic heterocycles. The lowest BCUT2D eigenvalue weighted by Gasteiger charge is -2.13. The summed E-state index contributed by atoms with van der Waals surface area (Å²) in [5.41, 5.74) is 2.94. The summed E-state index contributed by atoms with van der Waals surface area (Å²) in [7, 11) is 0. The largest absolute Gasteiger partial charge is 0.149 e. The van der Waals surface area contributed by atoms with E-state index in [0.717, 1.165) is 6.71 Å². The Bertz CT molecular complexity index is 408. The molecule has 0 radical (unpaired) electrons. The Hall–Kier alpha value is -1.50. The molecule has 0 amide bonds. The average Bonchev–Trinajstić information content (AvgIpc) is 2.47. The topological polar surface area (TPSA) is 0 Å². The van der Waals surface area contributed by atoms with E-state index in [1.54, 1.807) is 0 Å². The van der Waals surface area contributed by atoms with Gasteiger partial charge in [0.2, 0.25) is 0 Å². The molecule has 0 heterocycles. The van der Waals surface area contributed by atoms with Crippen LogP contribution in [0.25, 0.3) is 0 Å². The number of benzene rings is 2. The molecule has 0 aliphatic rings. The van der Waals surface area contributed by atoms with Crippen molar-refractivity contribution in [1.29, 1.82) is 0 Å². The predicted molar refractivity (Wildman–Crippen MR) is 85.8 cm³/mol. The van der Waals surface area contributed by atoms with E-state index in [1.165, 1.54) is 42.9 Å². The zero-order valence-electron chi connectivity index (χ0n) is 11.9. The van der Waals surface area contributed by atoms with Crippen LogP contribution in [-0.4, -0.2) is 6.71 Å². The molecule has 2 aromatic rings. The summed E-state index contributed by atoms with van der Waals surface area (Å²) in [5, 5.41) is 0. The van der Waals surface area contributed by atoms with E-state index >= 15 is 0 Å². The van der Waals surface area contributed by atoms with E-state index < -0.39 is 0 Å². The molecule has 0 spiro atoms. The summed E-state index contributed by atoms with van der Waals surface area (Å²) in [6.45, 7) is 3.05. The minimum Gasteiger partial charge on any atom is -0.0736 e. The molecule has 98 valence electrons. The van der Waals surface area contributed by atoms with Crippen LogP contribution in [0.3, 0.4) is 0 Å². The summed E-state index contributed by atoms with van der Waals surface area (Å²) in [6, 6.07) is 21.8. The van der Waals surface area contributed by atoms with Gasteiger partial charge >= 0.3 is 0 Å². The lowest BCUT2D eigenvalue weighted by atomic mass is 9.40. The van der Waals surface area contributed by atoms with Gasteiger partial charge in [-0.05, 0) is 12.6 Å². The molecule has 0 N–H and O–H groups in total. The average molecular weight is 250 g/mol. The van der Waals surface area contributed by atoms with Crippen molar-refractivity contribution >= 4 is 6.71 Å². The maximum absolute atomic E-state index is 2.28. The maximum atomic E-state index is 2.28. The zero-order valence-corrected chi connectivity index (χ0v) is 11.9. The lowest BCUT2D eigenvalue weighted by Crippen LogP contribution is -2.20. The second kappa shape index (κ2) is 7.83. The van der Waals surface area contributed by atoms with Crippen molar-refractivity contribution in [2.75, 3.05) is 0 Å². The fourth-order valence-electron chi connectivity index (χ4n) is 2.66. The van der Waals surface area contributed by atoms with Gasteiger partial charge in [0.1, 0.15) is 6.71 Å². The van der Waals surface area contributed by atoms with Gasteiger partial charge in [-0.2, -0.15) is 0 Å². The molecule has 0 unspecified atom stereocenters. The van der Waals surface area contributed by atoms with Crippen LogP contribution in [0.2, 0.25) is 6.32 Å². The van der Waals surface area contributed by atoms with Gasteiger partial charge in [0, 0.05) is 0 Å². The number of hydrogen-bond acceptors (Lipinski definition) is 0. The molecule has 0 saturated carbocycles. The first-order valence-electron chi connectivity index (χ1n) is 7.46. The molecule has 0 nitrogen and oxygen atoms in total. The van der Waals surface area contributed by atoms with Crippen molar-refractivity contribution in [2.24, 2.45) is 0 Å². The highest BCUT2D eigenvalue weighted by molar-refractivity contribution is 6.57. The Balaban J connectivity index is 1.99. The Morgan fingerprint density at radius 3 is 1.63 bits per heavy atom. The third-order valence-corrected chi connectivity index (χ3v) is 3.70. The van der Waals surface area contributed by atoms with E-state index in [2.05, 4.69) is 67.6 Å².